The van der Waals surface area contributed by atoms with Gasteiger partial charge in [-0.2, -0.15) is 0 Å². The van der Waals surface area contributed by atoms with Gasteiger partial charge in [0.25, 0.3) is 0 Å². The van der Waals surface area contributed by atoms with Gasteiger partial charge in [-0.1, -0.05) is 86.1 Å². The van der Waals surface area contributed by atoms with Crippen molar-refractivity contribution in [1.29, 1.82) is 0 Å². The maximum Gasteiger partial charge on any atom is 0.325 e. The number of carbonyl (C=O) groups is 4. The van der Waals surface area contributed by atoms with Crippen LogP contribution in [0.2, 0.25) is 0 Å². The summed E-state index contributed by atoms with van der Waals surface area (Å²) >= 11 is 0. The molecule has 0 bridgehead atoms. The zero-order chi connectivity index (χ0) is 40.9. The van der Waals surface area contributed by atoms with Gasteiger partial charge in [0.15, 0.2) is 5.78 Å². The highest BCUT2D eigenvalue weighted by Crippen LogP contribution is 2.39. The largest absolute Gasteiger partial charge is 0.425 e. The molecule has 0 aliphatic heterocycles. The van der Waals surface area contributed by atoms with Crippen LogP contribution in [-0.2, 0) is 32.9 Å². The monoisotopic (exact) mass is 773 g/mol. The maximum atomic E-state index is 13.5. The van der Waals surface area contributed by atoms with Gasteiger partial charge in [-0.25, -0.2) is 4.79 Å². The maximum absolute atomic E-state index is 13.5. The van der Waals surface area contributed by atoms with E-state index in [1.807, 2.05) is 56.3 Å². The van der Waals surface area contributed by atoms with Crippen LogP contribution in [0.4, 0.5) is 21.9 Å². The molecule has 0 aromatic heterocycles. The number of nitrogens with one attached hydrogen (secondary N) is 2. The minimum absolute atomic E-state index is 0.00744. The third-order valence-corrected chi connectivity index (χ3v) is 9.53. The summed E-state index contributed by atoms with van der Waals surface area (Å²) in [5, 5.41) is 5.99. The minimum atomic E-state index is -3.91. The number of Topliss-reactive ketones (excluding diaryl/α,β-unsaturated/α-hetero) is 1. The standard InChI is InChI=1S/C41H64N3O9P/c1-13-31(21-38(46)51-40(28(8)9)52-39(47)34(27(6)7)22-37(45)30(11)53-54(12,49)50)32-16-19-36(44(23-25(2)3)24-26(4)5)35(20-32)43-41(48)42-33-17-14-29(10)15-18-33/h14-20,25-28,30-31,34,40H,13,21-24H2,1-12H3,(H,49,50)(H2,42,43,48)/t30-,31-,34-,40?/m0/s1. The summed E-state index contributed by atoms with van der Waals surface area (Å²) in [6.07, 6.45) is -2.08. The topological polar surface area (TPSA) is 161 Å². The van der Waals surface area contributed by atoms with E-state index in [2.05, 4.69) is 43.2 Å². The molecule has 2 amide bonds. The van der Waals surface area contributed by atoms with Crippen LogP contribution >= 0.6 is 7.60 Å². The first-order chi connectivity index (χ1) is 25.1. The zero-order valence-electron chi connectivity index (χ0n) is 34.3. The summed E-state index contributed by atoms with van der Waals surface area (Å²) in [6, 6.07) is 13.1. The van der Waals surface area contributed by atoms with Crippen molar-refractivity contribution in [3.8, 4) is 0 Å². The van der Waals surface area contributed by atoms with E-state index in [1.54, 1.807) is 27.7 Å². The molecule has 2 aromatic carbocycles. The Bertz CT molecular complexity index is 1580. The first kappa shape index (κ1) is 46.4. The molecule has 0 aliphatic rings. The minimum Gasteiger partial charge on any atom is -0.425 e. The number of aryl methyl sites for hydroxylation is 1. The lowest BCUT2D eigenvalue weighted by Gasteiger charge is -2.31. The number of carbonyl (C=O) groups excluding carboxylic acids is 4. The lowest BCUT2D eigenvalue weighted by atomic mass is 9.89. The number of benzene rings is 2. The third kappa shape index (κ3) is 15.9. The molecule has 0 radical (unpaired) electrons. The van der Waals surface area contributed by atoms with Gasteiger partial charge in [0.2, 0.25) is 6.29 Å². The molecule has 0 heterocycles. The van der Waals surface area contributed by atoms with Crippen molar-refractivity contribution in [1.82, 2.24) is 0 Å². The van der Waals surface area contributed by atoms with Crippen molar-refractivity contribution >= 4 is 48.4 Å². The molecule has 0 fully saturated rings. The highest BCUT2D eigenvalue weighted by atomic mass is 31.2. The second kappa shape index (κ2) is 21.4. The fourth-order valence-electron chi connectivity index (χ4n) is 5.96. The summed E-state index contributed by atoms with van der Waals surface area (Å²) in [7, 11) is -3.91. The van der Waals surface area contributed by atoms with Crippen molar-refractivity contribution in [2.45, 2.75) is 114 Å². The van der Waals surface area contributed by atoms with E-state index in [4.69, 9.17) is 14.0 Å². The van der Waals surface area contributed by atoms with Crippen molar-refractivity contribution in [3.05, 3.63) is 53.6 Å². The zero-order valence-corrected chi connectivity index (χ0v) is 35.2. The number of anilines is 3. The molecule has 2 unspecified atom stereocenters. The van der Waals surface area contributed by atoms with Gasteiger partial charge in [0, 0.05) is 37.8 Å². The van der Waals surface area contributed by atoms with Crippen molar-refractivity contribution in [3.63, 3.8) is 0 Å². The Morgan fingerprint density at radius 1 is 0.815 bits per heavy atom. The van der Waals surface area contributed by atoms with E-state index < -0.39 is 43.6 Å². The molecule has 0 saturated carbocycles. The molecule has 0 spiro atoms. The number of urea groups is 1. The van der Waals surface area contributed by atoms with Crippen molar-refractivity contribution in [2.75, 3.05) is 35.3 Å². The van der Waals surface area contributed by atoms with Crippen LogP contribution in [0.25, 0.3) is 0 Å². The smallest absolute Gasteiger partial charge is 0.325 e. The van der Waals surface area contributed by atoms with E-state index in [-0.39, 0.29) is 36.6 Å². The number of hydrogen-bond acceptors (Lipinski definition) is 9. The number of amides is 2. The van der Waals surface area contributed by atoms with Crippen LogP contribution < -0.4 is 15.5 Å². The molecule has 2 rings (SSSR count). The number of esters is 2. The summed E-state index contributed by atoms with van der Waals surface area (Å²) in [6.45, 7) is 23.5. The van der Waals surface area contributed by atoms with Crippen LogP contribution in [0.1, 0.15) is 106 Å². The lowest BCUT2D eigenvalue weighted by molar-refractivity contribution is -0.200. The average Bonchev–Trinajstić information content (AvgIpc) is 3.04. The Morgan fingerprint density at radius 3 is 1.91 bits per heavy atom. The molecule has 3 N–H and O–H groups in total. The molecule has 54 heavy (non-hydrogen) atoms. The highest BCUT2D eigenvalue weighted by Gasteiger charge is 2.34. The van der Waals surface area contributed by atoms with Gasteiger partial charge in [-0.05, 0) is 73.8 Å². The van der Waals surface area contributed by atoms with Crippen LogP contribution in [0.5, 0.6) is 0 Å². The molecule has 0 saturated heterocycles. The Balaban J connectivity index is 2.32. The Labute approximate surface area is 322 Å². The molecular formula is C41H64N3O9P. The first-order valence-corrected chi connectivity index (χ1v) is 21.1. The Morgan fingerprint density at radius 2 is 1.41 bits per heavy atom. The van der Waals surface area contributed by atoms with Crippen molar-refractivity contribution < 1.29 is 42.6 Å². The van der Waals surface area contributed by atoms with Crippen LogP contribution in [-0.4, -0.2) is 60.8 Å². The SMILES string of the molecule is CC[C@@H](CC(=O)OC(OC(=O)[C@@H](CC(=O)[C@H](C)OP(C)(=O)O)C(C)C)C(C)C)c1ccc(N(CC(C)C)CC(C)C)c(NC(=O)Nc2ccc(C)cc2)c1. The second-order valence-electron chi connectivity index (χ2n) is 15.8. The molecule has 302 valence electrons. The second-order valence-corrected chi connectivity index (χ2v) is 17.7. The summed E-state index contributed by atoms with van der Waals surface area (Å²) in [5.41, 5.74) is 4.08. The fourth-order valence-corrected chi connectivity index (χ4v) is 6.66. The van der Waals surface area contributed by atoms with E-state index in [0.29, 0.717) is 29.6 Å². The predicted octanol–water partition coefficient (Wildman–Crippen LogP) is 9.16. The first-order valence-electron chi connectivity index (χ1n) is 19.0. The fraction of sp³-hybridized carbons (Fsp3) is 0.610. The molecule has 2 aromatic rings. The number of nitrogens with zero attached hydrogens (tertiary/aromatic N) is 1. The molecule has 5 atom stereocenters. The summed E-state index contributed by atoms with van der Waals surface area (Å²) < 4.78 is 28.0. The van der Waals surface area contributed by atoms with Crippen LogP contribution in [0.15, 0.2) is 42.5 Å². The number of ketones is 1. The molecule has 0 aliphatic carbocycles. The quantitative estimate of drug-likeness (QED) is 0.0634. The highest BCUT2D eigenvalue weighted by molar-refractivity contribution is 7.51. The van der Waals surface area contributed by atoms with Gasteiger partial charge < -0.3 is 29.9 Å². The Hall–Kier alpha value is -3.73. The van der Waals surface area contributed by atoms with E-state index >= 15 is 0 Å². The number of hydrogen-bond donors (Lipinski definition) is 3. The van der Waals surface area contributed by atoms with Gasteiger partial charge >= 0.3 is 25.6 Å². The lowest BCUT2D eigenvalue weighted by Crippen LogP contribution is -2.35. The van der Waals surface area contributed by atoms with E-state index in [1.165, 1.54) is 6.92 Å². The van der Waals surface area contributed by atoms with Gasteiger partial charge in [-0.3, -0.25) is 23.5 Å². The number of rotatable bonds is 21. The van der Waals surface area contributed by atoms with Crippen LogP contribution in [0, 0.1) is 36.5 Å². The van der Waals surface area contributed by atoms with Crippen LogP contribution in [0.3, 0.4) is 0 Å². The Kier molecular flexibility index (Phi) is 18.4. The molecular weight excluding hydrogens is 709 g/mol. The van der Waals surface area contributed by atoms with Gasteiger partial charge in [0.1, 0.15) is 6.10 Å². The average molecular weight is 774 g/mol. The van der Waals surface area contributed by atoms with Crippen molar-refractivity contribution in [2.24, 2.45) is 29.6 Å². The third-order valence-electron chi connectivity index (χ3n) is 8.83. The van der Waals surface area contributed by atoms with Gasteiger partial charge in [0.05, 0.1) is 23.7 Å². The summed E-state index contributed by atoms with van der Waals surface area (Å²) in [4.78, 5) is 64.7. The van der Waals surface area contributed by atoms with Gasteiger partial charge in [-0.15, -0.1) is 0 Å². The molecule has 12 nitrogen and oxygen atoms in total. The number of ether oxygens (including phenoxy) is 2. The predicted molar refractivity (Wildman–Crippen MR) is 215 cm³/mol. The summed E-state index contributed by atoms with van der Waals surface area (Å²) in [5.74, 6) is -2.92. The van der Waals surface area contributed by atoms with E-state index in [0.717, 1.165) is 36.6 Å². The molecule has 13 heteroatoms. The van der Waals surface area contributed by atoms with E-state index in [9.17, 15) is 28.6 Å². The normalized spacial score (nSPS) is 15.0.